The lowest BCUT2D eigenvalue weighted by atomic mass is 10.1. The van der Waals surface area contributed by atoms with E-state index in [2.05, 4.69) is 28.2 Å². The van der Waals surface area contributed by atoms with Gasteiger partial charge in [0.15, 0.2) is 0 Å². The van der Waals surface area contributed by atoms with Gasteiger partial charge in [-0.15, -0.1) is 11.8 Å². The Morgan fingerprint density at radius 1 is 1.20 bits per heavy atom. The number of hydrogen-bond donors (Lipinski definition) is 1. The number of rotatable bonds is 4. The van der Waals surface area contributed by atoms with Gasteiger partial charge in [-0.05, 0) is 36.2 Å². The van der Waals surface area contributed by atoms with E-state index in [1.807, 2.05) is 29.8 Å². The number of nitriles is 2. The van der Waals surface area contributed by atoms with E-state index >= 15 is 0 Å². The zero-order chi connectivity index (χ0) is 17.8. The van der Waals surface area contributed by atoms with Crippen molar-refractivity contribution in [1.82, 2.24) is 14.5 Å². The lowest BCUT2D eigenvalue weighted by Crippen LogP contribution is -1.99. The number of aryl methyl sites for hydroxylation is 1. The SMILES string of the molecule is Cc1cc(-n2ccnc2)ccc1CSc1nc(N)c(C#N)cc1C#N. The molecule has 0 fully saturated rings. The molecule has 2 N–H and O–H groups in total. The minimum Gasteiger partial charge on any atom is -0.383 e. The van der Waals surface area contributed by atoms with Gasteiger partial charge < -0.3 is 10.3 Å². The zero-order valence-electron chi connectivity index (χ0n) is 13.5. The first-order chi connectivity index (χ1) is 12.1. The molecule has 7 heteroatoms. The van der Waals surface area contributed by atoms with Crippen LogP contribution >= 0.6 is 11.8 Å². The van der Waals surface area contributed by atoms with Crippen LogP contribution in [0.25, 0.3) is 5.69 Å². The van der Waals surface area contributed by atoms with Crippen LogP contribution < -0.4 is 5.73 Å². The van der Waals surface area contributed by atoms with Crippen molar-refractivity contribution in [3.8, 4) is 17.8 Å². The van der Waals surface area contributed by atoms with Crippen LogP contribution in [0.15, 0.2) is 48.0 Å². The quantitative estimate of drug-likeness (QED) is 0.727. The Kier molecular flexibility index (Phi) is 4.69. The molecule has 0 amide bonds. The number of imidazole rings is 1. The van der Waals surface area contributed by atoms with Crippen LogP contribution in [0.2, 0.25) is 0 Å². The highest BCUT2D eigenvalue weighted by Crippen LogP contribution is 2.28. The average Bonchev–Trinajstić information content (AvgIpc) is 3.15. The van der Waals surface area contributed by atoms with Crippen LogP contribution in [0, 0.1) is 29.6 Å². The Morgan fingerprint density at radius 2 is 2.00 bits per heavy atom. The normalized spacial score (nSPS) is 10.2. The van der Waals surface area contributed by atoms with Gasteiger partial charge in [-0.25, -0.2) is 9.97 Å². The second kappa shape index (κ2) is 7.08. The fraction of sp³-hybridized carbons (Fsp3) is 0.111. The molecule has 25 heavy (non-hydrogen) atoms. The summed E-state index contributed by atoms with van der Waals surface area (Å²) in [5.41, 5.74) is 9.67. The van der Waals surface area contributed by atoms with Crippen molar-refractivity contribution in [2.24, 2.45) is 0 Å². The first-order valence-electron chi connectivity index (χ1n) is 7.43. The average molecular weight is 346 g/mol. The molecule has 0 spiro atoms. The summed E-state index contributed by atoms with van der Waals surface area (Å²) >= 11 is 1.43. The topological polar surface area (TPSA) is 104 Å². The Labute approximate surface area is 149 Å². The van der Waals surface area contributed by atoms with Crippen molar-refractivity contribution >= 4 is 17.6 Å². The van der Waals surface area contributed by atoms with Crippen LogP contribution in [0.3, 0.4) is 0 Å². The predicted molar refractivity (Wildman–Crippen MR) is 95.9 cm³/mol. The molecule has 0 unspecified atom stereocenters. The maximum atomic E-state index is 9.26. The van der Waals surface area contributed by atoms with Gasteiger partial charge in [0.1, 0.15) is 23.0 Å². The molecule has 0 aliphatic heterocycles. The highest BCUT2D eigenvalue weighted by atomic mass is 32.2. The Hall–Kier alpha value is -3.29. The lowest BCUT2D eigenvalue weighted by molar-refractivity contribution is 1.05. The summed E-state index contributed by atoms with van der Waals surface area (Å²) in [6, 6.07) is 11.7. The van der Waals surface area contributed by atoms with Gasteiger partial charge in [0.2, 0.25) is 0 Å². The fourth-order valence-electron chi connectivity index (χ4n) is 2.35. The third-order valence-electron chi connectivity index (χ3n) is 3.75. The van der Waals surface area contributed by atoms with E-state index in [4.69, 9.17) is 11.0 Å². The molecule has 0 bridgehead atoms. The van der Waals surface area contributed by atoms with Gasteiger partial charge in [-0.1, -0.05) is 6.07 Å². The summed E-state index contributed by atoms with van der Waals surface area (Å²) in [6.45, 7) is 2.04. The molecule has 3 rings (SSSR count). The highest BCUT2D eigenvalue weighted by Gasteiger charge is 2.11. The number of thioether (sulfide) groups is 1. The number of pyridine rings is 1. The van der Waals surface area contributed by atoms with Crippen molar-refractivity contribution in [2.75, 3.05) is 5.73 Å². The molecule has 0 aliphatic rings. The minimum atomic E-state index is 0.149. The van der Waals surface area contributed by atoms with Crippen LogP contribution in [0.1, 0.15) is 22.3 Å². The summed E-state index contributed by atoms with van der Waals surface area (Å²) in [6.07, 6.45) is 5.39. The van der Waals surface area contributed by atoms with Crippen molar-refractivity contribution < 1.29 is 0 Å². The summed E-state index contributed by atoms with van der Waals surface area (Å²) < 4.78 is 1.95. The molecule has 0 radical (unpaired) electrons. The fourth-order valence-corrected chi connectivity index (χ4v) is 3.39. The Bertz CT molecular complexity index is 996. The monoisotopic (exact) mass is 346 g/mol. The number of nitrogens with two attached hydrogens (primary N) is 1. The molecule has 2 heterocycles. The number of anilines is 1. The zero-order valence-corrected chi connectivity index (χ0v) is 14.3. The van der Waals surface area contributed by atoms with Crippen molar-refractivity contribution in [1.29, 1.82) is 10.5 Å². The second-order valence-corrected chi connectivity index (χ2v) is 6.33. The molecule has 2 aromatic heterocycles. The summed E-state index contributed by atoms with van der Waals surface area (Å²) in [5, 5.41) is 18.8. The summed E-state index contributed by atoms with van der Waals surface area (Å²) in [5.74, 6) is 0.805. The molecule has 0 saturated heterocycles. The van der Waals surface area contributed by atoms with Crippen LogP contribution in [0.5, 0.6) is 0 Å². The molecule has 0 atom stereocenters. The van der Waals surface area contributed by atoms with Gasteiger partial charge in [-0.2, -0.15) is 10.5 Å². The Balaban J connectivity index is 1.82. The van der Waals surface area contributed by atoms with Gasteiger partial charge in [0.25, 0.3) is 0 Å². The second-order valence-electron chi connectivity index (χ2n) is 5.37. The van der Waals surface area contributed by atoms with E-state index in [9.17, 15) is 5.26 Å². The van der Waals surface area contributed by atoms with Crippen molar-refractivity contribution in [2.45, 2.75) is 17.7 Å². The smallest absolute Gasteiger partial charge is 0.142 e. The number of aromatic nitrogens is 3. The van der Waals surface area contributed by atoms with E-state index in [0.717, 1.165) is 16.8 Å². The first-order valence-corrected chi connectivity index (χ1v) is 8.42. The largest absolute Gasteiger partial charge is 0.383 e. The van der Waals surface area contributed by atoms with Crippen molar-refractivity contribution in [3.05, 3.63) is 65.2 Å². The van der Waals surface area contributed by atoms with Gasteiger partial charge >= 0.3 is 0 Å². The minimum absolute atomic E-state index is 0.149. The standard InChI is InChI=1S/C18H14N6S/c1-12-6-16(24-5-4-22-11-24)3-2-13(12)10-25-18-15(9-20)7-14(8-19)17(21)23-18/h2-7,11H,10H2,1H3,(H2,21,23). The van der Waals surface area contributed by atoms with E-state index < -0.39 is 0 Å². The van der Waals surface area contributed by atoms with Crippen LogP contribution in [-0.2, 0) is 5.75 Å². The Morgan fingerprint density at radius 3 is 2.64 bits per heavy atom. The molecule has 6 nitrogen and oxygen atoms in total. The van der Waals surface area contributed by atoms with Crippen LogP contribution in [-0.4, -0.2) is 14.5 Å². The molecular formula is C18H14N6S. The predicted octanol–water partition coefficient (Wildman–Crippen LogP) is 3.19. The number of hydrogen-bond acceptors (Lipinski definition) is 6. The molecule has 0 aliphatic carbocycles. The molecule has 1 aromatic carbocycles. The summed E-state index contributed by atoms with van der Waals surface area (Å²) in [7, 11) is 0. The molecular weight excluding hydrogens is 332 g/mol. The summed E-state index contributed by atoms with van der Waals surface area (Å²) in [4.78, 5) is 8.25. The number of nitrogens with zero attached hydrogens (tertiary/aromatic N) is 5. The third kappa shape index (κ3) is 3.47. The number of nitrogen functional groups attached to an aromatic ring is 1. The lowest BCUT2D eigenvalue weighted by Gasteiger charge is -2.10. The molecule has 3 aromatic rings. The van der Waals surface area contributed by atoms with E-state index in [1.165, 1.54) is 17.8 Å². The van der Waals surface area contributed by atoms with Crippen LogP contribution in [0.4, 0.5) is 5.82 Å². The van der Waals surface area contributed by atoms with Crippen molar-refractivity contribution in [3.63, 3.8) is 0 Å². The maximum absolute atomic E-state index is 9.26. The third-order valence-corrected chi connectivity index (χ3v) is 4.79. The van der Waals surface area contributed by atoms with Gasteiger partial charge in [0, 0.05) is 23.8 Å². The number of benzene rings is 1. The van der Waals surface area contributed by atoms with E-state index in [0.29, 0.717) is 16.3 Å². The van der Waals surface area contributed by atoms with E-state index in [-0.39, 0.29) is 11.4 Å². The first kappa shape index (κ1) is 16.6. The maximum Gasteiger partial charge on any atom is 0.142 e. The van der Waals surface area contributed by atoms with Gasteiger partial charge in [-0.3, -0.25) is 0 Å². The van der Waals surface area contributed by atoms with Gasteiger partial charge in [0.05, 0.1) is 17.5 Å². The molecule has 0 saturated carbocycles. The highest BCUT2D eigenvalue weighted by molar-refractivity contribution is 7.98. The van der Waals surface area contributed by atoms with E-state index in [1.54, 1.807) is 12.5 Å². The molecule has 122 valence electrons.